The standard InChI is InChI=1S/C24H25FN6O3S.C23H30N6O3.C18H22N6O.C14H14N4O2S.C10H20N2O2.C6H4ClFO2S/c25-18-5-7-21(8-6-18)35(33,34)30-11-9-19(10-12-30)28-24-27-15-17-13-16(14-26)23(32)31(22(17)29-24)20-3-1-2-4-20;1-23(2,3)32-22(31)28-10-8-17(9-11-28)26-21-25-14-16-12-15(13-24)20(30)29(19(16)27-21)18-6-4-5-7-18;19-10-12-9-13-11-21-18(22-14-5-7-20-8-6-14)23-16(13)24(17(12)25)15-3-1-2-4-15;1-21(20)14-16-8-10-6-9(7-15)13(19)18(12(10)17-14)11-4-2-3-5-11;1-10(2,3)14-9(13)12-6-4-8(11)5-7-12;7-11(9,10)6-3-1-5(8)2-4-6/h5-8,13,15,19-20H,1-4,9-12H2,(H,27,28,29);12,14,17-18H,4-11H2,1-3H3,(H,25,26,27);9,11,14-15,20H,1-8H2,(H,21,22,23);6,8,11H,2-5H2,1H3;8H,4-7,11H2,1-3H3;1-4H. The van der Waals surface area contributed by atoms with Crippen LogP contribution < -0.4 is 49.2 Å². The minimum atomic E-state index is -3.71. The van der Waals surface area contributed by atoms with Gasteiger partial charge < -0.3 is 46.3 Å². The van der Waals surface area contributed by atoms with Crippen molar-refractivity contribution in [3.8, 4) is 24.3 Å². The van der Waals surface area contributed by atoms with Crippen molar-refractivity contribution in [2.24, 2.45) is 5.73 Å². The van der Waals surface area contributed by atoms with E-state index in [9.17, 15) is 74.4 Å². The first-order valence-electron chi connectivity index (χ1n) is 46.7. The maximum atomic E-state index is 13.2. The maximum Gasteiger partial charge on any atom is 0.410 e. The molecule has 4 saturated carbocycles. The van der Waals surface area contributed by atoms with Gasteiger partial charge in [-0.2, -0.15) is 40.3 Å². The molecule has 10 aromatic rings. The van der Waals surface area contributed by atoms with Crippen molar-refractivity contribution in [2.45, 2.75) is 270 Å². The van der Waals surface area contributed by atoms with E-state index in [-0.39, 0.29) is 114 Å². The van der Waals surface area contributed by atoms with Gasteiger partial charge in [-0.3, -0.25) is 41.7 Å². The number of nitrogens with two attached hydrogens (primary N) is 1. The summed E-state index contributed by atoms with van der Waals surface area (Å²) in [5.74, 6) is 0.422. The fourth-order valence-corrected chi connectivity index (χ4v) is 20.8. The summed E-state index contributed by atoms with van der Waals surface area (Å²) in [7, 11) is -3.75. The van der Waals surface area contributed by atoms with E-state index in [0.29, 0.717) is 102 Å². The highest BCUT2D eigenvalue weighted by Gasteiger charge is 2.35. The van der Waals surface area contributed by atoms with Gasteiger partial charge in [0.2, 0.25) is 33.0 Å². The van der Waals surface area contributed by atoms with Crippen LogP contribution in [0.2, 0.25) is 0 Å². The molecule has 0 radical (unpaired) electrons. The summed E-state index contributed by atoms with van der Waals surface area (Å²) in [6, 6.07) is 24.3. The zero-order valence-electron chi connectivity index (χ0n) is 78.2. The largest absolute Gasteiger partial charge is 0.444 e. The number of pyridine rings is 4. The molecule has 12 heterocycles. The number of anilines is 3. The van der Waals surface area contributed by atoms with E-state index in [2.05, 4.69) is 61.1 Å². The lowest BCUT2D eigenvalue weighted by molar-refractivity contribution is 0.0197. The van der Waals surface area contributed by atoms with Gasteiger partial charge in [-0.1, -0.05) is 51.4 Å². The average molecular weight is 1970 g/mol. The van der Waals surface area contributed by atoms with Gasteiger partial charge in [0.1, 0.15) is 92.0 Å². The first-order valence-corrected chi connectivity index (χ1v) is 52.0. The molecule has 0 spiro atoms. The normalized spacial score (nSPS) is 17.7. The number of fused-ring (bicyclic) bond motifs is 4. The number of sulfonamides is 1. The van der Waals surface area contributed by atoms with Crippen LogP contribution in [0.25, 0.3) is 44.1 Å². The number of aromatic nitrogens is 12. The number of rotatable bonds is 14. The molecule has 1 unspecified atom stereocenters. The van der Waals surface area contributed by atoms with Crippen molar-refractivity contribution in [2.75, 3.05) is 74.6 Å². The maximum absolute atomic E-state index is 13.2. The van der Waals surface area contributed by atoms with Crippen LogP contribution in [0.3, 0.4) is 0 Å². The van der Waals surface area contributed by atoms with Gasteiger partial charge in [0.25, 0.3) is 31.3 Å². The van der Waals surface area contributed by atoms with Crippen LogP contribution in [0.15, 0.2) is 132 Å². The van der Waals surface area contributed by atoms with E-state index in [0.717, 1.165) is 209 Å². The third-order valence-electron chi connectivity index (χ3n) is 25.2. The highest BCUT2D eigenvalue weighted by atomic mass is 35.7. The Morgan fingerprint density at radius 3 is 1.04 bits per heavy atom. The minimum Gasteiger partial charge on any atom is -0.444 e. The van der Waals surface area contributed by atoms with E-state index in [1.54, 1.807) is 58.8 Å². The summed E-state index contributed by atoms with van der Waals surface area (Å²) in [6.07, 6.45) is 29.8. The number of hydrogen-bond acceptors (Lipinski definition) is 30. The first-order chi connectivity index (χ1) is 65.9. The van der Waals surface area contributed by atoms with Crippen LogP contribution in [0.4, 0.5) is 36.2 Å². The SMILES string of the molecule is CC(C)(C)OC(=O)N1CCC(N)CC1.CC(C)(C)OC(=O)N1CCC(Nc2ncc3cc(C#N)c(=O)n(C4CCCC4)c3n2)CC1.CS(=O)c1ncc2cc(C#N)c(=O)n(C3CCCC3)c2n1.N#Cc1cc2cnc(NC3CCN(S(=O)(=O)c4ccc(F)cc4)CC3)nc2n(C2CCCC2)c1=O.N#Cc1cc2cnc(NC3CCNCC3)nc2n(C2CCCC2)c1=O.O=S(=O)(Cl)c1ccc(F)cc1. The molecule has 43 heteroatoms. The summed E-state index contributed by atoms with van der Waals surface area (Å²) in [6.45, 7) is 16.4. The van der Waals surface area contributed by atoms with E-state index in [4.69, 9.17) is 31.2 Å². The molecule has 4 aliphatic carbocycles. The molecule has 18 rings (SSSR count). The molecule has 732 valence electrons. The molecule has 8 fully saturated rings. The molecule has 8 aliphatic rings. The Hall–Kier alpha value is -12.4. The second-order valence-electron chi connectivity index (χ2n) is 37.5. The predicted molar refractivity (Wildman–Crippen MR) is 517 cm³/mol. The number of carbonyl (C=O) groups excluding carboxylic acids is 2. The monoisotopic (exact) mass is 1970 g/mol. The number of likely N-dealkylation sites (tertiary alicyclic amines) is 2. The second-order valence-corrected chi connectivity index (χ2v) is 43.2. The van der Waals surface area contributed by atoms with Crippen LogP contribution in [0, 0.1) is 57.0 Å². The zero-order valence-corrected chi connectivity index (χ0v) is 81.4. The molecule has 138 heavy (non-hydrogen) atoms. The highest BCUT2D eigenvalue weighted by Crippen LogP contribution is 2.37. The predicted octanol–water partition coefficient (Wildman–Crippen LogP) is 13.3. The van der Waals surface area contributed by atoms with Gasteiger partial charge in [0, 0.05) is 151 Å². The summed E-state index contributed by atoms with van der Waals surface area (Å²) in [5, 5.41) is 53.5. The van der Waals surface area contributed by atoms with Crippen molar-refractivity contribution in [1.29, 1.82) is 21.0 Å². The molecule has 2 aromatic carbocycles. The Morgan fingerprint density at radius 2 is 0.739 bits per heavy atom. The van der Waals surface area contributed by atoms with E-state index < -0.39 is 52.7 Å². The average Bonchev–Trinajstić information content (AvgIpc) is 1.29. The summed E-state index contributed by atoms with van der Waals surface area (Å²) in [5.41, 5.74) is 6.37. The third kappa shape index (κ3) is 26.3. The minimum absolute atomic E-state index is 0.0148. The van der Waals surface area contributed by atoms with Crippen LogP contribution in [0.5, 0.6) is 0 Å². The van der Waals surface area contributed by atoms with Crippen LogP contribution >= 0.6 is 10.7 Å². The van der Waals surface area contributed by atoms with E-state index in [1.807, 2.05) is 65.8 Å². The van der Waals surface area contributed by atoms with Crippen molar-refractivity contribution < 1.29 is 48.9 Å². The molecule has 37 nitrogen and oxygen atoms in total. The molecule has 8 aromatic heterocycles. The van der Waals surface area contributed by atoms with Crippen LogP contribution in [-0.4, -0.2) is 199 Å². The first kappa shape index (κ1) is 103. The Labute approximate surface area is 804 Å². The molecule has 1 atom stereocenters. The van der Waals surface area contributed by atoms with Gasteiger partial charge >= 0.3 is 12.2 Å². The molecule has 2 amide bonds. The molecule has 0 bridgehead atoms. The number of halogens is 3. The van der Waals surface area contributed by atoms with Crippen molar-refractivity contribution in [1.82, 2.24) is 77.6 Å². The van der Waals surface area contributed by atoms with Crippen LogP contribution in [-0.2, 0) is 39.3 Å². The van der Waals surface area contributed by atoms with Crippen LogP contribution in [0.1, 0.15) is 242 Å². The Balaban J connectivity index is 0.000000145. The summed E-state index contributed by atoms with van der Waals surface area (Å²) < 4.78 is 103. The quantitative estimate of drug-likeness (QED) is 0.0498. The number of ether oxygens (including phenoxy) is 2. The molecular formula is C95H115ClF2N24O13S3. The molecule has 6 N–H and O–H groups in total. The second kappa shape index (κ2) is 45.9. The number of carbonyl (C=O) groups is 2. The van der Waals surface area contributed by atoms with Gasteiger partial charge in [0.15, 0.2) is 0 Å². The summed E-state index contributed by atoms with van der Waals surface area (Å²) in [4.78, 5) is 114. The lowest BCUT2D eigenvalue weighted by Gasteiger charge is -2.33. The number of piperidine rings is 4. The number of amides is 2. The molecular weight excluding hydrogens is 1850 g/mol. The Morgan fingerprint density at radius 1 is 0.449 bits per heavy atom. The van der Waals surface area contributed by atoms with Crippen molar-refractivity contribution in [3.63, 3.8) is 0 Å². The highest BCUT2D eigenvalue weighted by molar-refractivity contribution is 8.13. The zero-order chi connectivity index (χ0) is 98.9. The smallest absolute Gasteiger partial charge is 0.410 e. The fraction of sp³-hybridized carbons (Fsp3) is 0.516. The lowest BCUT2D eigenvalue weighted by atomic mass is 10.1. The topological polar surface area (TPSA) is 508 Å². The van der Waals surface area contributed by atoms with Gasteiger partial charge in [-0.15, -0.1) is 0 Å². The number of benzene rings is 2. The van der Waals surface area contributed by atoms with Gasteiger partial charge in [-0.25, -0.2) is 60.1 Å². The fourth-order valence-electron chi connectivity index (χ4n) is 18.2. The van der Waals surface area contributed by atoms with E-state index in [1.165, 1.54) is 41.0 Å². The number of nitrogens with zero attached hydrogens (tertiary/aromatic N) is 19. The van der Waals surface area contributed by atoms with Gasteiger partial charge in [-0.05, 0) is 230 Å². The Bertz CT molecular complexity index is 6780. The van der Waals surface area contributed by atoms with E-state index >= 15 is 0 Å². The number of hydrogen-bond donors (Lipinski definition) is 5. The summed E-state index contributed by atoms with van der Waals surface area (Å²) >= 11 is 0. The van der Waals surface area contributed by atoms with Crippen molar-refractivity contribution >= 4 is 115 Å². The molecule has 4 aliphatic heterocycles. The van der Waals surface area contributed by atoms with Gasteiger partial charge in [0.05, 0.1) is 20.6 Å². The molecule has 4 saturated heterocycles. The van der Waals surface area contributed by atoms with Crippen molar-refractivity contribution in [3.05, 3.63) is 173 Å². The number of nitriles is 4. The lowest BCUT2D eigenvalue weighted by Crippen LogP contribution is -2.44. The number of nitrogens with one attached hydrogen (secondary N) is 4. The third-order valence-corrected chi connectivity index (χ3v) is 29.2. The Kier molecular flexibility index (Phi) is 34.3.